The van der Waals surface area contributed by atoms with Crippen LogP contribution in [-0.4, -0.2) is 64.4 Å². The van der Waals surface area contributed by atoms with Crippen molar-refractivity contribution >= 4 is 11.6 Å². The minimum atomic E-state index is 0.581. The molecule has 0 spiro atoms. The number of ether oxygens (including phenoxy) is 2. The number of piperidine rings is 1. The molecule has 152 valence electrons. The van der Waals surface area contributed by atoms with Gasteiger partial charge in [-0.1, -0.05) is 19.4 Å². The lowest BCUT2D eigenvalue weighted by atomic mass is 10.1. The zero-order valence-corrected chi connectivity index (χ0v) is 17.2. The highest BCUT2D eigenvalue weighted by Crippen LogP contribution is 2.17. The number of hydrogen-bond acceptors (Lipinski definition) is 4. The predicted octanol–water partition coefficient (Wildman–Crippen LogP) is 3.21. The van der Waals surface area contributed by atoms with E-state index in [0.29, 0.717) is 19.1 Å². The quantitative estimate of drug-likeness (QED) is 0.373. The van der Waals surface area contributed by atoms with Crippen LogP contribution in [0, 0.1) is 5.92 Å². The first kappa shape index (κ1) is 21.5. The molecule has 1 fully saturated rings. The van der Waals surface area contributed by atoms with Crippen LogP contribution in [0.2, 0.25) is 0 Å². The Hall–Kier alpha value is -1.79. The fourth-order valence-electron chi connectivity index (χ4n) is 3.29. The van der Waals surface area contributed by atoms with E-state index in [1.807, 2.05) is 24.3 Å². The maximum Gasteiger partial charge on any atom is 0.195 e. The summed E-state index contributed by atoms with van der Waals surface area (Å²) in [6.07, 6.45) is 4.95. The second-order valence-corrected chi connectivity index (χ2v) is 7.27. The number of likely N-dealkylation sites (tertiary alicyclic amines) is 1. The molecule has 0 aromatic heterocycles. The van der Waals surface area contributed by atoms with E-state index in [1.165, 1.54) is 32.4 Å². The summed E-state index contributed by atoms with van der Waals surface area (Å²) < 4.78 is 10.8. The average Bonchev–Trinajstić information content (AvgIpc) is 2.69. The van der Waals surface area contributed by atoms with Gasteiger partial charge in [0, 0.05) is 52.0 Å². The SMILES string of the molecule is CN=C(NCC(C)CN1CCCCC1)Nc1cccc(OCCCOC)c1. The van der Waals surface area contributed by atoms with E-state index in [4.69, 9.17) is 9.47 Å². The third kappa shape index (κ3) is 8.63. The molecule has 1 aliphatic heterocycles. The Balaban J connectivity index is 1.75. The molecule has 1 aromatic rings. The third-order valence-corrected chi connectivity index (χ3v) is 4.72. The summed E-state index contributed by atoms with van der Waals surface area (Å²) in [4.78, 5) is 6.92. The van der Waals surface area contributed by atoms with Gasteiger partial charge in [0.25, 0.3) is 0 Å². The standard InChI is InChI=1S/C21H36N4O2/c1-18(17-25-11-5-4-6-12-25)16-23-21(22-2)24-19-9-7-10-20(15-19)27-14-8-13-26-3/h7,9-10,15,18H,4-6,8,11-14,16-17H2,1-3H3,(H2,22,23,24). The second-order valence-electron chi connectivity index (χ2n) is 7.27. The highest BCUT2D eigenvalue weighted by molar-refractivity contribution is 5.93. The number of hydrogen-bond donors (Lipinski definition) is 2. The number of guanidine groups is 1. The first-order valence-corrected chi connectivity index (χ1v) is 10.1. The molecule has 1 heterocycles. The third-order valence-electron chi connectivity index (χ3n) is 4.72. The van der Waals surface area contributed by atoms with E-state index in [9.17, 15) is 0 Å². The van der Waals surface area contributed by atoms with Gasteiger partial charge in [-0.05, 0) is 44.0 Å². The van der Waals surface area contributed by atoms with Gasteiger partial charge < -0.3 is 25.0 Å². The largest absolute Gasteiger partial charge is 0.493 e. The molecule has 0 radical (unpaired) electrons. The van der Waals surface area contributed by atoms with Crippen molar-refractivity contribution in [3.8, 4) is 5.75 Å². The van der Waals surface area contributed by atoms with Crippen LogP contribution in [-0.2, 0) is 4.74 Å². The second kappa shape index (κ2) is 12.6. The number of aliphatic imine (C=N–C) groups is 1. The molecule has 27 heavy (non-hydrogen) atoms. The minimum absolute atomic E-state index is 0.581. The number of methoxy groups -OCH3 is 1. The van der Waals surface area contributed by atoms with Gasteiger partial charge in [-0.25, -0.2) is 0 Å². The average molecular weight is 377 g/mol. The van der Waals surface area contributed by atoms with Crippen LogP contribution in [0.1, 0.15) is 32.6 Å². The van der Waals surface area contributed by atoms with Gasteiger partial charge in [0.1, 0.15) is 5.75 Å². The summed E-state index contributed by atoms with van der Waals surface area (Å²) in [6.45, 7) is 8.20. The summed E-state index contributed by atoms with van der Waals surface area (Å²) >= 11 is 0. The van der Waals surface area contributed by atoms with Crippen molar-refractivity contribution in [2.45, 2.75) is 32.6 Å². The Bertz CT molecular complexity index is 559. The zero-order chi connectivity index (χ0) is 19.3. The molecule has 1 atom stereocenters. The van der Waals surface area contributed by atoms with Gasteiger partial charge in [0.2, 0.25) is 0 Å². The molecule has 0 bridgehead atoms. The molecule has 6 heteroatoms. The van der Waals surface area contributed by atoms with Crippen LogP contribution < -0.4 is 15.4 Å². The molecule has 0 aliphatic carbocycles. The topological polar surface area (TPSA) is 58.1 Å². The molecular weight excluding hydrogens is 340 g/mol. The first-order valence-electron chi connectivity index (χ1n) is 10.1. The highest BCUT2D eigenvalue weighted by Gasteiger charge is 2.13. The molecule has 1 unspecified atom stereocenters. The predicted molar refractivity (Wildman–Crippen MR) is 113 cm³/mol. The maximum atomic E-state index is 5.76. The lowest BCUT2D eigenvalue weighted by Gasteiger charge is -2.29. The number of nitrogens with one attached hydrogen (secondary N) is 2. The fraction of sp³-hybridized carbons (Fsp3) is 0.667. The Morgan fingerprint density at radius 3 is 2.78 bits per heavy atom. The van der Waals surface area contributed by atoms with E-state index in [0.717, 1.165) is 36.9 Å². The molecule has 1 aliphatic rings. The van der Waals surface area contributed by atoms with Crippen molar-refractivity contribution in [1.82, 2.24) is 10.2 Å². The van der Waals surface area contributed by atoms with Crippen LogP contribution in [0.4, 0.5) is 5.69 Å². The molecule has 6 nitrogen and oxygen atoms in total. The van der Waals surface area contributed by atoms with Crippen LogP contribution >= 0.6 is 0 Å². The van der Waals surface area contributed by atoms with Crippen LogP contribution in [0.3, 0.4) is 0 Å². The Morgan fingerprint density at radius 1 is 1.22 bits per heavy atom. The Kier molecular flexibility index (Phi) is 10.0. The van der Waals surface area contributed by atoms with Crippen LogP contribution in [0.5, 0.6) is 5.75 Å². The molecule has 0 saturated carbocycles. The van der Waals surface area contributed by atoms with E-state index >= 15 is 0 Å². The van der Waals surface area contributed by atoms with Crippen molar-refractivity contribution in [2.75, 3.05) is 58.9 Å². The Morgan fingerprint density at radius 2 is 2.04 bits per heavy atom. The molecule has 1 saturated heterocycles. The zero-order valence-electron chi connectivity index (χ0n) is 17.2. The number of anilines is 1. The molecule has 2 N–H and O–H groups in total. The Labute approximate surface area is 164 Å². The van der Waals surface area contributed by atoms with Crippen LogP contribution in [0.25, 0.3) is 0 Å². The monoisotopic (exact) mass is 376 g/mol. The first-order chi connectivity index (χ1) is 13.2. The van der Waals surface area contributed by atoms with Gasteiger partial charge in [-0.3, -0.25) is 4.99 Å². The van der Waals surface area contributed by atoms with E-state index in [-0.39, 0.29) is 0 Å². The maximum absolute atomic E-state index is 5.76. The van der Waals surface area contributed by atoms with Crippen molar-refractivity contribution in [2.24, 2.45) is 10.9 Å². The molecule has 1 aromatic carbocycles. The number of nitrogens with zero attached hydrogens (tertiary/aromatic N) is 2. The van der Waals surface area contributed by atoms with Crippen LogP contribution in [0.15, 0.2) is 29.3 Å². The summed E-state index contributed by atoms with van der Waals surface area (Å²) in [5.41, 5.74) is 0.969. The van der Waals surface area contributed by atoms with Crippen molar-refractivity contribution in [1.29, 1.82) is 0 Å². The van der Waals surface area contributed by atoms with Crippen molar-refractivity contribution in [3.05, 3.63) is 24.3 Å². The summed E-state index contributed by atoms with van der Waals surface area (Å²) in [7, 11) is 3.51. The number of rotatable bonds is 10. The van der Waals surface area contributed by atoms with Gasteiger partial charge in [-0.15, -0.1) is 0 Å². The lowest BCUT2D eigenvalue weighted by molar-refractivity contribution is 0.172. The fourth-order valence-corrected chi connectivity index (χ4v) is 3.29. The normalized spacial score (nSPS) is 16.8. The smallest absolute Gasteiger partial charge is 0.195 e. The lowest BCUT2D eigenvalue weighted by Crippen LogP contribution is -2.39. The van der Waals surface area contributed by atoms with E-state index < -0.39 is 0 Å². The molecule has 0 amide bonds. The van der Waals surface area contributed by atoms with Gasteiger partial charge in [0.15, 0.2) is 5.96 Å². The number of benzene rings is 1. The minimum Gasteiger partial charge on any atom is -0.493 e. The molecular formula is C21H36N4O2. The summed E-state index contributed by atoms with van der Waals surface area (Å²) in [5, 5.41) is 6.79. The van der Waals surface area contributed by atoms with Gasteiger partial charge in [0.05, 0.1) is 6.61 Å². The van der Waals surface area contributed by atoms with Gasteiger partial charge >= 0.3 is 0 Å². The van der Waals surface area contributed by atoms with Crippen molar-refractivity contribution < 1.29 is 9.47 Å². The van der Waals surface area contributed by atoms with Gasteiger partial charge in [-0.2, -0.15) is 0 Å². The summed E-state index contributed by atoms with van der Waals surface area (Å²) in [6, 6.07) is 7.97. The van der Waals surface area contributed by atoms with E-state index in [2.05, 4.69) is 27.4 Å². The van der Waals surface area contributed by atoms with Crippen molar-refractivity contribution in [3.63, 3.8) is 0 Å². The molecule has 2 rings (SSSR count). The highest BCUT2D eigenvalue weighted by atomic mass is 16.5. The van der Waals surface area contributed by atoms with E-state index in [1.54, 1.807) is 14.2 Å². The summed E-state index contributed by atoms with van der Waals surface area (Å²) in [5.74, 6) is 2.22.